The molecule has 0 aromatic heterocycles. The third-order valence-electron chi connectivity index (χ3n) is 3.28. The predicted octanol–water partition coefficient (Wildman–Crippen LogP) is 1.65. The summed E-state index contributed by atoms with van der Waals surface area (Å²) in [6.45, 7) is 1.91. The van der Waals surface area contributed by atoms with Crippen molar-refractivity contribution in [1.82, 2.24) is 4.31 Å². The molecule has 1 saturated heterocycles. The van der Waals surface area contributed by atoms with Crippen LogP contribution in [0.25, 0.3) is 0 Å². The number of nitrogens with zero attached hydrogens (tertiary/aromatic N) is 2. The number of hydrogen-bond donors (Lipinski definition) is 0. The maximum Gasteiger partial charge on any atom is 0.211 e. The first-order valence-corrected chi connectivity index (χ1v) is 8.35. The number of piperazine rings is 1. The van der Waals surface area contributed by atoms with Crippen molar-refractivity contribution in [2.24, 2.45) is 0 Å². The lowest BCUT2D eigenvalue weighted by Crippen LogP contribution is -2.48. The van der Waals surface area contributed by atoms with Crippen molar-refractivity contribution in [1.29, 1.82) is 0 Å². The molecule has 0 saturated carbocycles. The Morgan fingerprint density at radius 3 is 2.42 bits per heavy atom. The number of hydrogen-bond acceptors (Lipinski definition) is 3. The largest absolute Gasteiger partial charge is 0.369 e. The van der Waals surface area contributed by atoms with Gasteiger partial charge in [-0.15, -0.1) is 11.6 Å². The summed E-state index contributed by atoms with van der Waals surface area (Å²) in [5.74, 6) is -0.216. The Labute approximate surface area is 117 Å². The van der Waals surface area contributed by atoms with Gasteiger partial charge < -0.3 is 4.90 Å². The molecule has 0 spiro atoms. The molecule has 0 unspecified atom stereocenters. The standard InChI is InChI=1S/C12H16ClFN2O2S/c1-19(17,18)16-7-5-15(6-8-16)12-4-2-3-11(14)10(12)9-13/h2-4H,5-9H2,1H3. The van der Waals surface area contributed by atoms with E-state index in [4.69, 9.17) is 11.6 Å². The van der Waals surface area contributed by atoms with Crippen LogP contribution in [0.4, 0.5) is 10.1 Å². The van der Waals surface area contributed by atoms with Gasteiger partial charge in [0.2, 0.25) is 10.0 Å². The number of benzene rings is 1. The number of alkyl halides is 1. The molecule has 1 fully saturated rings. The Bertz CT molecular complexity index is 557. The lowest BCUT2D eigenvalue weighted by atomic mass is 10.1. The minimum Gasteiger partial charge on any atom is -0.369 e. The van der Waals surface area contributed by atoms with Crippen molar-refractivity contribution in [3.8, 4) is 0 Å². The van der Waals surface area contributed by atoms with Gasteiger partial charge in [-0.25, -0.2) is 12.8 Å². The molecule has 0 radical (unpaired) electrons. The van der Waals surface area contributed by atoms with Gasteiger partial charge in [0.15, 0.2) is 0 Å². The highest BCUT2D eigenvalue weighted by Crippen LogP contribution is 2.26. The van der Waals surface area contributed by atoms with E-state index in [9.17, 15) is 12.8 Å². The summed E-state index contributed by atoms with van der Waals surface area (Å²) in [7, 11) is -3.15. The third-order valence-corrected chi connectivity index (χ3v) is 4.85. The summed E-state index contributed by atoms with van der Waals surface area (Å²) in [6.07, 6.45) is 1.20. The second-order valence-corrected chi connectivity index (χ2v) is 6.77. The summed E-state index contributed by atoms with van der Waals surface area (Å²) >= 11 is 5.78. The zero-order chi connectivity index (χ0) is 14.0. The summed E-state index contributed by atoms with van der Waals surface area (Å²) in [4.78, 5) is 1.97. The van der Waals surface area contributed by atoms with Crippen molar-refractivity contribution in [2.75, 3.05) is 37.3 Å². The zero-order valence-electron chi connectivity index (χ0n) is 10.6. The van der Waals surface area contributed by atoms with Crippen LogP contribution < -0.4 is 4.90 Å². The van der Waals surface area contributed by atoms with E-state index in [0.29, 0.717) is 31.7 Å². The van der Waals surface area contributed by atoms with Crippen molar-refractivity contribution in [2.45, 2.75) is 5.88 Å². The molecular weight excluding hydrogens is 291 g/mol. The Morgan fingerprint density at radius 1 is 1.26 bits per heavy atom. The van der Waals surface area contributed by atoms with Crippen molar-refractivity contribution in [3.05, 3.63) is 29.6 Å². The fourth-order valence-electron chi connectivity index (χ4n) is 2.24. The van der Waals surface area contributed by atoms with Crippen LogP contribution in [-0.4, -0.2) is 45.2 Å². The molecule has 106 valence electrons. The van der Waals surface area contributed by atoms with E-state index in [2.05, 4.69) is 0 Å². The van der Waals surface area contributed by atoms with Crippen LogP contribution in [0.1, 0.15) is 5.56 Å². The minimum absolute atomic E-state index is 0.105. The monoisotopic (exact) mass is 306 g/mol. The van der Waals surface area contributed by atoms with Crippen LogP contribution in [0.2, 0.25) is 0 Å². The average molecular weight is 307 g/mol. The molecule has 0 amide bonds. The molecule has 7 heteroatoms. The van der Waals surface area contributed by atoms with Gasteiger partial charge in [-0.1, -0.05) is 6.07 Å². The van der Waals surface area contributed by atoms with E-state index in [1.54, 1.807) is 6.07 Å². The minimum atomic E-state index is -3.15. The molecule has 1 aliphatic heterocycles. The fourth-order valence-corrected chi connectivity index (χ4v) is 3.33. The maximum atomic E-state index is 13.7. The third kappa shape index (κ3) is 3.19. The molecule has 1 aromatic carbocycles. The van der Waals surface area contributed by atoms with Gasteiger partial charge in [0.05, 0.1) is 12.1 Å². The highest BCUT2D eigenvalue weighted by molar-refractivity contribution is 7.88. The van der Waals surface area contributed by atoms with E-state index in [-0.39, 0.29) is 11.7 Å². The normalized spacial score (nSPS) is 17.7. The Hall–Kier alpha value is -0.850. The van der Waals surface area contributed by atoms with Gasteiger partial charge in [0.25, 0.3) is 0 Å². The van der Waals surface area contributed by atoms with Gasteiger partial charge in [-0.05, 0) is 12.1 Å². The van der Waals surface area contributed by atoms with Gasteiger partial charge in [0, 0.05) is 37.4 Å². The van der Waals surface area contributed by atoms with Crippen LogP contribution in [0.15, 0.2) is 18.2 Å². The lowest BCUT2D eigenvalue weighted by Gasteiger charge is -2.35. The number of anilines is 1. The highest BCUT2D eigenvalue weighted by Gasteiger charge is 2.24. The van der Waals surface area contributed by atoms with Crippen LogP contribution in [-0.2, 0) is 15.9 Å². The predicted molar refractivity (Wildman–Crippen MR) is 74.6 cm³/mol. The molecule has 1 aromatic rings. The number of halogens is 2. The topological polar surface area (TPSA) is 40.6 Å². The average Bonchev–Trinajstić information content (AvgIpc) is 2.37. The second-order valence-electron chi connectivity index (χ2n) is 4.52. The molecule has 4 nitrogen and oxygen atoms in total. The molecule has 19 heavy (non-hydrogen) atoms. The van der Waals surface area contributed by atoms with E-state index in [1.165, 1.54) is 16.6 Å². The lowest BCUT2D eigenvalue weighted by molar-refractivity contribution is 0.387. The first-order valence-electron chi connectivity index (χ1n) is 5.97. The zero-order valence-corrected chi connectivity index (χ0v) is 12.2. The van der Waals surface area contributed by atoms with Crippen molar-refractivity contribution >= 4 is 27.3 Å². The van der Waals surface area contributed by atoms with Gasteiger partial charge >= 0.3 is 0 Å². The molecule has 0 aliphatic carbocycles. The summed E-state index contributed by atoms with van der Waals surface area (Å²) < 4.78 is 38.0. The maximum absolute atomic E-state index is 13.7. The first-order chi connectivity index (χ1) is 8.93. The highest BCUT2D eigenvalue weighted by atomic mass is 35.5. The van der Waals surface area contributed by atoms with Gasteiger partial charge in [-0.2, -0.15) is 4.31 Å². The molecule has 1 heterocycles. The van der Waals surface area contributed by atoms with Crippen molar-refractivity contribution in [3.63, 3.8) is 0 Å². The molecular formula is C12H16ClFN2O2S. The van der Waals surface area contributed by atoms with E-state index in [1.807, 2.05) is 11.0 Å². The van der Waals surface area contributed by atoms with E-state index >= 15 is 0 Å². The Morgan fingerprint density at radius 2 is 1.89 bits per heavy atom. The van der Waals surface area contributed by atoms with Crippen LogP contribution >= 0.6 is 11.6 Å². The fraction of sp³-hybridized carbons (Fsp3) is 0.500. The quantitative estimate of drug-likeness (QED) is 0.797. The molecule has 0 bridgehead atoms. The smallest absolute Gasteiger partial charge is 0.211 e. The molecule has 2 rings (SSSR count). The molecule has 1 aliphatic rings. The Kier molecular flexibility index (Phi) is 4.32. The van der Waals surface area contributed by atoms with Crippen molar-refractivity contribution < 1.29 is 12.8 Å². The SMILES string of the molecule is CS(=O)(=O)N1CCN(c2cccc(F)c2CCl)CC1. The van der Waals surface area contributed by atoms with Gasteiger partial charge in [0.1, 0.15) is 5.82 Å². The number of rotatable bonds is 3. The van der Waals surface area contributed by atoms with E-state index < -0.39 is 10.0 Å². The molecule has 0 N–H and O–H groups in total. The summed E-state index contributed by atoms with van der Waals surface area (Å²) in [5, 5.41) is 0. The second kappa shape index (κ2) is 5.64. The van der Waals surface area contributed by atoms with E-state index in [0.717, 1.165) is 5.69 Å². The van der Waals surface area contributed by atoms with Crippen LogP contribution in [0.3, 0.4) is 0 Å². The van der Waals surface area contributed by atoms with Crippen LogP contribution in [0, 0.1) is 5.82 Å². The number of sulfonamides is 1. The first kappa shape index (κ1) is 14.6. The van der Waals surface area contributed by atoms with Gasteiger partial charge in [-0.3, -0.25) is 0 Å². The summed E-state index contributed by atoms with van der Waals surface area (Å²) in [6, 6.07) is 4.84. The Balaban J connectivity index is 2.16. The molecule has 0 atom stereocenters. The van der Waals surface area contributed by atoms with Crippen LogP contribution in [0.5, 0.6) is 0 Å². The summed E-state index contributed by atoms with van der Waals surface area (Å²) in [5.41, 5.74) is 1.22.